The standard InChI is InChI=1S/C13H15BrN2O/c1-3-8(2)10-5-4-9(6-12(10)14)11-7-16-17-13(11)15/h4-8H,3,15H2,1-2H3. The van der Waals surface area contributed by atoms with Crippen molar-refractivity contribution in [2.45, 2.75) is 26.2 Å². The van der Waals surface area contributed by atoms with E-state index in [4.69, 9.17) is 10.3 Å². The molecule has 2 N–H and O–H groups in total. The van der Waals surface area contributed by atoms with Crippen molar-refractivity contribution in [3.63, 3.8) is 0 Å². The monoisotopic (exact) mass is 294 g/mol. The average molecular weight is 295 g/mol. The van der Waals surface area contributed by atoms with Crippen LogP contribution in [0.25, 0.3) is 11.1 Å². The molecule has 0 spiro atoms. The lowest BCUT2D eigenvalue weighted by molar-refractivity contribution is 0.436. The van der Waals surface area contributed by atoms with Crippen LogP contribution in [0.4, 0.5) is 5.88 Å². The van der Waals surface area contributed by atoms with Crippen molar-refractivity contribution in [3.05, 3.63) is 34.4 Å². The average Bonchev–Trinajstić information content (AvgIpc) is 2.74. The summed E-state index contributed by atoms with van der Waals surface area (Å²) >= 11 is 3.61. The van der Waals surface area contributed by atoms with Crippen LogP contribution in [0, 0.1) is 0 Å². The molecule has 1 aromatic carbocycles. The van der Waals surface area contributed by atoms with E-state index in [-0.39, 0.29) is 0 Å². The highest BCUT2D eigenvalue weighted by Crippen LogP contribution is 2.33. The van der Waals surface area contributed by atoms with Gasteiger partial charge in [-0.2, -0.15) is 0 Å². The summed E-state index contributed by atoms with van der Waals surface area (Å²) in [5.74, 6) is 0.895. The molecular weight excluding hydrogens is 280 g/mol. The lowest BCUT2D eigenvalue weighted by Crippen LogP contribution is -1.93. The van der Waals surface area contributed by atoms with Gasteiger partial charge >= 0.3 is 0 Å². The summed E-state index contributed by atoms with van der Waals surface area (Å²) < 4.78 is 5.97. The molecule has 0 saturated carbocycles. The third-order valence-corrected chi connectivity index (χ3v) is 3.74. The molecule has 1 aromatic heterocycles. The maximum Gasteiger partial charge on any atom is 0.229 e. The van der Waals surface area contributed by atoms with E-state index in [1.54, 1.807) is 6.20 Å². The number of hydrogen-bond acceptors (Lipinski definition) is 3. The molecule has 1 atom stereocenters. The number of nitrogen functional groups attached to an aromatic ring is 1. The third-order valence-electron chi connectivity index (χ3n) is 3.05. The third kappa shape index (κ3) is 2.36. The van der Waals surface area contributed by atoms with Crippen LogP contribution in [0.1, 0.15) is 31.7 Å². The van der Waals surface area contributed by atoms with Crippen LogP contribution < -0.4 is 5.73 Å². The first-order chi connectivity index (χ1) is 8.13. The van der Waals surface area contributed by atoms with E-state index in [1.165, 1.54) is 5.56 Å². The Bertz CT molecular complexity index is 522. The predicted octanol–water partition coefficient (Wildman–Crippen LogP) is 4.20. The molecule has 4 heteroatoms. The van der Waals surface area contributed by atoms with E-state index in [1.807, 2.05) is 0 Å². The summed E-state index contributed by atoms with van der Waals surface area (Å²) in [5, 5.41) is 3.69. The van der Waals surface area contributed by atoms with Crippen LogP contribution in [0.15, 0.2) is 33.4 Å². The molecule has 90 valence electrons. The van der Waals surface area contributed by atoms with Crippen molar-refractivity contribution in [2.75, 3.05) is 5.73 Å². The Hall–Kier alpha value is -1.29. The molecule has 0 saturated heterocycles. The number of anilines is 1. The quantitative estimate of drug-likeness (QED) is 0.923. The second kappa shape index (κ2) is 4.92. The number of nitrogens with two attached hydrogens (primary N) is 1. The van der Waals surface area contributed by atoms with Gasteiger partial charge in [0.05, 0.1) is 11.8 Å². The molecule has 1 unspecified atom stereocenters. The van der Waals surface area contributed by atoms with Gasteiger partial charge in [-0.05, 0) is 29.5 Å². The topological polar surface area (TPSA) is 52.0 Å². The van der Waals surface area contributed by atoms with Crippen molar-refractivity contribution >= 4 is 21.8 Å². The van der Waals surface area contributed by atoms with Crippen molar-refractivity contribution in [2.24, 2.45) is 0 Å². The van der Waals surface area contributed by atoms with E-state index in [0.29, 0.717) is 11.8 Å². The first-order valence-electron chi connectivity index (χ1n) is 5.63. The normalized spacial score (nSPS) is 12.6. The highest BCUT2D eigenvalue weighted by molar-refractivity contribution is 9.10. The molecule has 0 fully saturated rings. The van der Waals surface area contributed by atoms with Gasteiger partial charge in [-0.15, -0.1) is 0 Å². The minimum atomic E-state index is 0.355. The summed E-state index contributed by atoms with van der Waals surface area (Å²) in [7, 11) is 0. The Labute approximate surface area is 109 Å². The molecule has 2 aromatic rings. The number of aromatic nitrogens is 1. The Morgan fingerprint density at radius 2 is 2.24 bits per heavy atom. The number of rotatable bonds is 3. The van der Waals surface area contributed by atoms with Gasteiger partial charge in [0.2, 0.25) is 5.88 Å². The summed E-state index contributed by atoms with van der Waals surface area (Å²) in [4.78, 5) is 0. The van der Waals surface area contributed by atoms with E-state index < -0.39 is 0 Å². The first kappa shape index (κ1) is 12.2. The molecule has 0 amide bonds. The first-order valence-corrected chi connectivity index (χ1v) is 6.42. The Morgan fingerprint density at radius 3 is 2.76 bits per heavy atom. The fourth-order valence-corrected chi connectivity index (χ4v) is 2.55. The predicted molar refractivity (Wildman–Crippen MR) is 72.8 cm³/mol. The molecule has 17 heavy (non-hydrogen) atoms. The van der Waals surface area contributed by atoms with Crippen molar-refractivity contribution < 1.29 is 4.52 Å². The van der Waals surface area contributed by atoms with Crippen molar-refractivity contribution in [1.82, 2.24) is 5.16 Å². The molecule has 0 bridgehead atoms. The fourth-order valence-electron chi connectivity index (χ4n) is 1.78. The highest BCUT2D eigenvalue weighted by atomic mass is 79.9. The van der Waals surface area contributed by atoms with Crippen molar-refractivity contribution in [1.29, 1.82) is 0 Å². The Morgan fingerprint density at radius 1 is 1.47 bits per heavy atom. The number of halogens is 1. The second-order valence-electron chi connectivity index (χ2n) is 4.15. The van der Waals surface area contributed by atoms with Gasteiger partial charge in [0.15, 0.2) is 0 Å². The minimum absolute atomic E-state index is 0.355. The molecule has 0 radical (unpaired) electrons. The maximum atomic E-state index is 5.70. The van der Waals surface area contributed by atoms with E-state index >= 15 is 0 Å². The Kier molecular flexibility index (Phi) is 3.52. The van der Waals surface area contributed by atoms with Gasteiger partial charge < -0.3 is 10.3 Å². The molecule has 2 rings (SSSR count). The molecule has 3 nitrogen and oxygen atoms in total. The summed E-state index contributed by atoms with van der Waals surface area (Å²) in [6.45, 7) is 4.40. The number of hydrogen-bond donors (Lipinski definition) is 1. The lowest BCUT2D eigenvalue weighted by atomic mass is 9.96. The maximum absolute atomic E-state index is 5.70. The number of benzene rings is 1. The molecular formula is C13H15BrN2O. The van der Waals surface area contributed by atoms with Gasteiger partial charge in [0.1, 0.15) is 0 Å². The van der Waals surface area contributed by atoms with E-state index in [0.717, 1.165) is 22.0 Å². The zero-order valence-corrected chi connectivity index (χ0v) is 11.5. The van der Waals surface area contributed by atoms with Gasteiger partial charge in [-0.25, -0.2) is 0 Å². The summed E-state index contributed by atoms with van der Waals surface area (Å²) in [6.07, 6.45) is 2.76. The van der Waals surface area contributed by atoms with Crippen LogP contribution >= 0.6 is 15.9 Å². The van der Waals surface area contributed by atoms with Crippen LogP contribution in [0.3, 0.4) is 0 Å². The summed E-state index contributed by atoms with van der Waals surface area (Å²) in [6, 6.07) is 6.24. The van der Waals surface area contributed by atoms with Crippen LogP contribution in [-0.2, 0) is 0 Å². The minimum Gasteiger partial charge on any atom is -0.367 e. The zero-order valence-electron chi connectivity index (χ0n) is 9.90. The number of nitrogens with zero attached hydrogens (tertiary/aromatic N) is 1. The molecule has 0 aliphatic rings. The van der Waals surface area contributed by atoms with Gasteiger partial charge in [-0.3, -0.25) is 0 Å². The van der Waals surface area contributed by atoms with Gasteiger partial charge in [-0.1, -0.05) is 47.1 Å². The summed E-state index contributed by atoms with van der Waals surface area (Å²) in [5.41, 5.74) is 8.86. The van der Waals surface area contributed by atoms with Crippen LogP contribution in [-0.4, -0.2) is 5.16 Å². The molecule has 1 heterocycles. The highest BCUT2D eigenvalue weighted by Gasteiger charge is 2.11. The van der Waals surface area contributed by atoms with E-state index in [9.17, 15) is 0 Å². The fraction of sp³-hybridized carbons (Fsp3) is 0.308. The van der Waals surface area contributed by atoms with Crippen molar-refractivity contribution in [3.8, 4) is 11.1 Å². The molecule has 0 aliphatic carbocycles. The smallest absolute Gasteiger partial charge is 0.229 e. The van der Waals surface area contributed by atoms with E-state index in [2.05, 4.69) is 53.1 Å². The second-order valence-corrected chi connectivity index (χ2v) is 5.00. The SMILES string of the molecule is CCC(C)c1ccc(-c2cnoc2N)cc1Br. The van der Waals surface area contributed by atoms with Gasteiger partial charge in [0, 0.05) is 4.47 Å². The zero-order chi connectivity index (χ0) is 12.4. The lowest BCUT2D eigenvalue weighted by Gasteiger charge is -2.12. The largest absolute Gasteiger partial charge is 0.367 e. The Balaban J connectivity index is 2.41. The molecule has 0 aliphatic heterocycles. The van der Waals surface area contributed by atoms with Crippen LogP contribution in [0.5, 0.6) is 0 Å². The van der Waals surface area contributed by atoms with Crippen LogP contribution in [0.2, 0.25) is 0 Å². The van der Waals surface area contributed by atoms with Gasteiger partial charge in [0.25, 0.3) is 0 Å².